The molecule has 11 nitrogen and oxygen atoms in total. The van der Waals surface area contributed by atoms with Gasteiger partial charge < -0.3 is 37.8 Å². The summed E-state index contributed by atoms with van der Waals surface area (Å²) in [6.07, 6.45) is -5.42. The molecule has 1 heterocycles. The highest BCUT2D eigenvalue weighted by atomic mass is 19.4. The molecule has 0 saturated carbocycles. The Kier molecular flexibility index (Phi) is 11.9. The van der Waals surface area contributed by atoms with Gasteiger partial charge in [-0.05, 0) is 30.2 Å². The van der Waals surface area contributed by atoms with Gasteiger partial charge in [-0.25, -0.2) is 0 Å². The van der Waals surface area contributed by atoms with Crippen molar-refractivity contribution >= 4 is 34.3 Å². The van der Waals surface area contributed by atoms with Crippen LogP contribution >= 0.6 is 0 Å². The number of anilines is 1. The number of benzene rings is 2. The maximum atomic E-state index is 13.3. The maximum absolute atomic E-state index is 13.3. The molecule has 0 aliphatic heterocycles. The Hall–Kier alpha value is -4.11. The van der Waals surface area contributed by atoms with Crippen LogP contribution < -0.4 is 27.8 Å². The van der Waals surface area contributed by atoms with Gasteiger partial charge in [0.1, 0.15) is 6.04 Å². The largest absolute Gasteiger partial charge is 0.416 e. The van der Waals surface area contributed by atoms with Crippen molar-refractivity contribution in [3.05, 3.63) is 71.9 Å². The van der Waals surface area contributed by atoms with Crippen LogP contribution in [0.5, 0.6) is 0 Å². The fraction of sp³-hybridized carbons (Fsp3) is 0.379. The van der Waals surface area contributed by atoms with Crippen molar-refractivity contribution in [3.8, 4) is 0 Å². The number of nitrogens with two attached hydrogens (primary N) is 3. The second kappa shape index (κ2) is 15.4. The molecule has 0 aliphatic carbocycles. The molecule has 0 aliphatic rings. The number of hydrogen-bond donors (Lipinski definition) is 6. The van der Waals surface area contributed by atoms with E-state index in [4.69, 9.17) is 17.2 Å². The number of nitrogens with zero attached hydrogens (tertiary/aromatic N) is 2. The zero-order valence-electron chi connectivity index (χ0n) is 23.4. The van der Waals surface area contributed by atoms with Gasteiger partial charge in [0.25, 0.3) is 0 Å². The molecule has 0 unspecified atom stereocenters. The van der Waals surface area contributed by atoms with Gasteiger partial charge in [-0.1, -0.05) is 36.4 Å². The van der Waals surface area contributed by atoms with E-state index in [1.807, 2.05) is 0 Å². The predicted octanol–water partition coefficient (Wildman–Crippen LogP) is 1.13. The number of alkyl halides is 3. The van der Waals surface area contributed by atoms with Crippen molar-refractivity contribution in [2.75, 3.05) is 31.5 Å². The molecule has 0 spiro atoms. The maximum Gasteiger partial charge on any atom is 0.416 e. The van der Waals surface area contributed by atoms with Crippen molar-refractivity contribution in [3.63, 3.8) is 0 Å². The summed E-state index contributed by atoms with van der Waals surface area (Å²) < 4.78 is 39.7. The number of hydrogen-bond acceptors (Lipinski definition) is 8. The minimum absolute atomic E-state index is 0.0804. The topological polar surface area (TPSA) is 190 Å². The highest BCUT2D eigenvalue weighted by Crippen LogP contribution is 2.30. The summed E-state index contributed by atoms with van der Waals surface area (Å²) in [7, 11) is 0. The Bertz CT molecular complexity index is 1400. The molecule has 1 aromatic heterocycles. The molecule has 14 heteroatoms. The zero-order valence-corrected chi connectivity index (χ0v) is 23.4. The smallest absolute Gasteiger partial charge is 0.390 e. The van der Waals surface area contributed by atoms with Gasteiger partial charge in [0.2, 0.25) is 17.7 Å². The second-order valence-corrected chi connectivity index (χ2v) is 9.97. The Morgan fingerprint density at radius 1 is 0.977 bits per heavy atom. The lowest BCUT2D eigenvalue weighted by molar-refractivity contribution is -0.137. The van der Waals surface area contributed by atoms with Crippen molar-refractivity contribution in [2.24, 2.45) is 17.2 Å². The number of aliphatic hydroxyl groups excluding tert-OH is 1. The van der Waals surface area contributed by atoms with Crippen LogP contribution in [0.25, 0.3) is 10.9 Å². The number of amides is 3. The van der Waals surface area contributed by atoms with E-state index in [9.17, 15) is 32.7 Å². The minimum atomic E-state index is -4.61. The number of fused-ring (bicyclic) bond motifs is 1. The monoisotopic (exact) mass is 603 g/mol. The Morgan fingerprint density at radius 3 is 2.35 bits per heavy atom. The summed E-state index contributed by atoms with van der Waals surface area (Å²) in [6, 6.07) is 10.2. The quantitative estimate of drug-likeness (QED) is 0.158. The van der Waals surface area contributed by atoms with Crippen LogP contribution in [-0.4, -0.2) is 77.1 Å². The van der Waals surface area contributed by atoms with E-state index < -0.39 is 41.7 Å². The van der Waals surface area contributed by atoms with Crippen LogP contribution in [0.1, 0.15) is 24.0 Å². The van der Waals surface area contributed by atoms with Crippen molar-refractivity contribution in [1.82, 2.24) is 15.2 Å². The molecule has 0 saturated heterocycles. The van der Waals surface area contributed by atoms with Gasteiger partial charge in [-0.15, -0.1) is 0 Å². The fourth-order valence-corrected chi connectivity index (χ4v) is 4.43. The van der Waals surface area contributed by atoms with Crippen molar-refractivity contribution < 1.29 is 32.7 Å². The van der Waals surface area contributed by atoms with Crippen LogP contribution in [0.15, 0.2) is 60.8 Å². The lowest BCUT2D eigenvalue weighted by Crippen LogP contribution is -2.55. The number of nitrogens with one attached hydrogen (secondary N) is 2. The van der Waals surface area contributed by atoms with Gasteiger partial charge >= 0.3 is 6.18 Å². The number of carbonyl (C=O) groups excluding carboxylic acids is 3. The van der Waals surface area contributed by atoms with Crippen LogP contribution in [0, 0.1) is 0 Å². The zero-order chi connectivity index (χ0) is 31.6. The van der Waals surface area contributed by atoms with E-state index in [1.54, 1.807) is 30.3 Å². The first-order valence-electron chi connectivity index (χ1n) is 13.7. The molecule has 0 fully saturated rings. The molecule has 3 amide bonds. The third-order valence-electron chi connectivity index (χ3n) is 6.68. The van der Waals surface area contributed by atoms with Crippen LogP contribution in [0.3, 0.4) is 0 Å². The standard InChI is InChI=1S/C29H36F3N7O4/c30-29(31,32)20-6-3-4-18(14-20)15-24(40)26(28(43)37-21-16-19-5-1-2-7-23(19)36-17-21)38-27(42)22(35)8-9-25(41)39(12-10-33)13-11-34/h1-7,14,16-17,22,24,26,40H,8-13,15,33-35H2,(H,37,43)(H,38,42)/t22-,24+,26-/m0/s1. The normalized spacial score (nSPS) is 13.7. The molecule has 9 N–H and O–H groups in total. The van der Waals surface area contributed by atoms with E-state index >= 15 is 0 Å². The molecule has 3 rings (SSSR count). The summed E-state index contributed by atoms with van der Waals surface area (Å²) in [5.41, 5.74) is 17.2. The van der Waals surface area contributed by atoms with Crippen LogP contribution in [0.2, 0.25) is 0 Å². The highest BCUT2D eigenvalue weighted by molar-refractivity contribution is 5.99. The van der Waals surface area contributed by atoms with Gasteiger partial charge in [0.05, 0.1) is 35.1 Å². The first-order chi connectivity index (χ1) is 20.4. The number of rotatable bonds is 14. The van der Waals surface area contributed by atoms with Crippen molar-refractivity contribution in [1.29, 1.82) is 0 Å². The van der Waals surface area contributed by atoms with Crippen LogP contribution in [0.4, 0.5) is 18.9 Å². The summed E-state index contributed by atoms with van der Waals surface area (Å²) in [6.45, 7) is 1.02. The SMILES string of the molecule is NCCN(CCN)C(=O)CC[C@H](N)C(=O)N[C@H](C(=O)Nc1cnc2ccccc2c1)[C@H](O)Cc1cccc(C(F)(F)F)c1. The third-order valence-corrected chi connectivity index (χ3v) is 6.68. The molecule has 43 heavy (non-hydrogen) atoms. The van der Waals surface area contributed by atoms with E-state index in [2.05, 4.69) is 15.6 Å². The molecule has 3 aromatic rings. The second-order valence-electron chi connectivity index (χ2n) is 9.97. The van der Waals surface area contributed by atoms with E-state index in [-0.39, 0.29) is 62.6 Å². The number of para-hydroxylation sites is 1. The number of pyridine rings is 1. The van der Waals surface area contributed by atoms with E-state index in [0.717, 1.165) is 17.5 Å². The average Bonchev–Trinajstić information content (AvgIpc) is 2.97. The van der Waals surface area contributed by atoms with Gasteiger partial charge in [0, 0.05) is 44.4 Å². The van der Waals surface area contributed by atoms with Crippen molar-refractivity contribution in [2.45, 2.75) is 43.6 Å². The predicted molar refractivity (Wildman–Crippen MR) is 155 cm³/mol. The highest BCUT2D eigenvalue weighted by Gasteiger charge is 2.33. The van der Waals surface area contributed by atoms with Gasteiger partial charge in [0.15, 0.2) is 0 Å². The van der Waals surface area contributed by atoms with E-state index in [1.165, 1.54) is 23.2 Å². The Morgan fingerprint density at radius 2 is 1.67 bits per heavy atom. The molecule has 0 radical (unpaired) electrons. The summed E-state index contributed by atoms with van der Waals surface area (Å²) in [5.74, 6) is -1.98. The lowest BCUT2D eigenvalue weighted by atomic mass is 9.99. The number of aliphatic hydroxyl groups is 1. The molecule has 3 atom stereocenters. The number of carbonyl (C=O) groups is 3. The van der Waals surface area contributed by atoms with Gasteiger partial charge in [-0.2, -0.15) is 13.2 Å². The Labute approximate surface area is 246 Å². The average molecular weight is 604 g/mol. The van der Waals surface area contributed by atoms with Gasteiger partial charge in [-0.3, -0.25) is 19.4 Å². The lowest BCUT2D eigenvalue weighted by Gasteiger charge is -2.26. The first kappa shape index (κ1) is 33.4. The van der Waals surface area contributed by atoms with E-state index in [0.29, 0.717) is 5.52 Å². The Balaban J connectivity index is 1.77. The fourth-order valence-electron chi connectivity index (χ4n) is 4.43. The number of halogens is 3. The molecule has 0 bridgehead atoms. The van der Waals surface area contributed by atoms with Crippen LogP contribution in [-0.2, 0) is 27.0 Å². The summed E-state index contributed by atoms with van der Waals surface area (Å²) >= 11 is 0. The molecule has 2 aromatic carbocycles. The summed E-state index contributed by atoms with van der Waals surface area (Å²) in [5, 5.41) is 16.7. The third kappa shape index (κ3) is 9.71. The molecule has 232 valence electrons. The molecular formula is C29H36F3N7O4. The summed E-state index contributed by atoms with van der Waals surface area (Å²) in [4.78, 5) is 44.6. The first-order valence-corrected chi connectivity index (χ1v) is 13.7. The number of aromatic nitrogens is 1. The molecular weight excluding hydrogens is 567 g/mol. The minimum Gasteiger partial charge on any atom is -0.390 e.